The van der Waals surface area contributed by atoms with Gasteiger partial charge in [-0.3, -0.25) is 0 Å². The fourth-order valence-corrected chi connectivity index (χ4v) is 2.77. The van der Waals surface area contributed by atoms with Crippen LogP contribution in [0.25, 0.3) is 0 Å². The first-order valence-corrected chi connectivity index (χ1v) is 7.06. The van der Waals surface area contributed by atoms with Crippen LogP contribution >= 0.6 is 31.9 Å². The molecule has 0 saturated carbocycles. The Kier molecular flexibility index (Phi) is 4.56. The second kappa shape index (κ2) is 6.18. The van der Waals surface area contributed by atoms with Crippen LogP contribution in [0.15, 0.2) is 45.3 Å². The molecule has 1 N–H and O–H groups in total. The quantitative estimate of drug-likeness (QED) is 0.823. The van der Waals surface area contributed by atoms with Crippen molar-refractivity contribution in [1.82, 2.24) is 0 Å². The Balaban J connectivity index is 2.13. The van der Waals surface area contributed by atoms with E-state index in [-0.39, 0.29) is 5.82 Å². The number of hydrogen-bond donors (Lipinski definition) is 1. The molecule has 0 atom stereocenters. The molecule has 0 aliphatic rings. The largest absolute Gasteiger partial charge is 0.380 e. The van der Waals surface area contributed by atoms with E-state index in [2.05, 4.69) is 37.2 Å². The monoisotopic (exact) mass is 382 g/mol. The number of halogens is 3. The van der Waals surface area contributed by atoms with Crippen LogP contribution in [0, 0.1) is 17.1 Å². The van der Waals surface area contributed by atoms with E-state index in [1.54, 1.807) is 12.1 Å². The average Bonchev–Trinajstić information content (AvgIpc) is 2.39. The van der Waals surface area contributed by atoms with Gasteiger partial charge in [0.05, 0.1) is 11.6 Å². The first-order valence-electron chi connectivity index (χ1n) is 5.47. The molecule has 0 aromatic heterocycles. The van der Waals surface area contributed by atoms with Crippen LogP contribution in [0.5, 0.6) is 0 Å². The molecule has 2 aromatic carbocycles. The number of anilines is 1. The molecule has 0 aliphatic heterocycles. The molecule has 0 aliphatic carbocycles. The Labute approximate surface area is 127 Å². The van der Waals surface area contributed by atoms with Gasteiger partial charge in [0.2, 0.25) is 0 Å². The molecule has 0 heterocycles. The lowest BCUT2D eigenvalue weighted by Crippen LogP contribution is -2.02. The second-order valence-corrected chi connectivity index (χ2v) is 5.67. The molecule has 19 heavy (non-hydrogen) atoms. The number of benzene rings is 2. The first kappa shape index (κ1) is 14.0. The summed E-state index contributed by atoms with van der Waals surface area (Å²) >= 11 is 6.80. The van der Waals surface area contributed by atoms with E-state index in [0.29, 0.717) is 17.7 Å². The Hall–Kier alpha value is -1.38. The van der Waals surface area contributed by atoms with E-state index in [0.717, 1.165) is 14.6 Å². The Morgan fingerprint density at radius 3 is 2.58 bits per heavy atom. The Morgan fingerprint density at radius 1 is 1.16 bits per heavy atom. The van der Waals surface area contributed by atoms with E-state index in [9.17, 15) is 4.39 Å². The van der Waals surface area contributed by atoms with Gasteiger partial charge >= 0.3 is 0 Å². The van der Waals surface area contributed by atoms with Crippen LogP contribution < -0.4 is 5.32 Å². The average molecular weight is 384 g/mol. The molecule has 0 spiro atoms. The third-order valence-electron chi connectivity index (χ3n) is 2.58. The van der Waals surface area contributed by atoms with Gasteiger partial charge in [0.15, 0.2) is 0 Å². The van der Waals surface area contributed by atoms with Gasteiger partial charge < -0.3 is 5.32 Å². The lowest BCUT2D eigenvalue weighted by atomic mass is 10.1. The minimum atomic E-state index is -0.375. The zero-order valence-corrected chi connectivity index (χ0v) is 12.9. The van der Waals surface area contributed by atoms with Gasteiger partial charge in [-0.05, 0) is 46.3 Å². The van der Waals surface area contributed by atoms with Gasteiger partial charge in [-0.1, -0.05) is 22.0 Å². The van der Waals surface area contributed by atoms with Crippen LogP contribution in [0.1, 0.15) is 11.1 Å². The fraction of sp³-hybridized carbons (Fsp3) is 0.0714. The van der Waals surface area contributed by atoms with Crippen molar-refractivity contribution in [2.75, 3.05) is 5.32 Å². The van der Waals surface area contributed by atoms with Gasteiger partial charge in [0.25, 0.3) is 0 Å². The Bertz CT molecular complexity index is 650. The third-order valence-corrected chi connectivity index (χ3v) is 3.73. The zero-order chi connectivity index (χ0) is 13.8. The van der Waals surface area contributed by atoms with E-state index < -0.39 is 0 Å². The molecule has 0 amide bonds. The van der Waals surface area contributed by atoms with E-state index in [1.165, 1.54) is 6.07 Å². The lowest BCUT2D eigenvalue weighted by Gasteiger charge is -2.09. The van der Waals surface area contributed by atoms with Crippen molar-refractivity contribution in [3.63, 3.8) is 0 Å². The van der Waals surface area contributed by atoms with Crippen molar-refractivity contribution in [2.24, 2.45) is 0 Å². The van der Waals surface area contributed by atoms with Crippen molar-refractivity contribution >= 4 is 37.5 Å². The molecule has 2 rings (SSSR count). The minimum absolute atomic E-state index is 0.325. The van der Waals surface area contributed by atoms with Crippen molar-refractivity contribution in [3.05, 3.63) is 62.3 Å². The molecular weight excluding hydrogens is 375 g/mol. The maximum absolute atomic E-state index is 13.7. The molecule has 5 heteroatoms. The smallest absolute Gasteiger partial charge is 0.129 e. The highest BCUT2D eigenvalue weighted by Crippen LogP contribution is 2.26. The summed E-state index contributed by atoms with van der Waals surface area (Å²) in [6.07, 6.45) is 0. The molecular formula is C14H9Br2FN2. The van der Waals surface area contributed by atoms with Crippen molar-refractivity contribution in [2.45, 2.75) is 6.54 Å². The molecule has 0 fully saturated rings. The summed E-state index contributed by atoms with van der Waals surface area (Å²) in [5.74, 6) is -0.375. The standard InChI is InChI=1S/C14H9Br2FN2/c15-11-3-4-14(12(16)6-11)19-8-10-2-1-9(7-18)5-13(10)17/h1-6,19H,8H2. The second-order valence-electron chi connectivity index (χ2n) is 3.90. The summed E-state index contributed by atoms with van der Waals surface area (Å²) < 4.78 is 15.6. The normalized spacial score (nSPS) is 10.0. The summed E-state index contributed by atoms with van der Waals surface area (Å²) in [4.78, 5) is 0. The van der Waals surface area contributed by atoms with E-state index >= 15 is 0 Å². The number of nitriles is 1. The number of hydrogen-bond acceptors (Lipinski definition) is 2. The highest BCUT2D eigenvalue weighted by Gasteiger charge is 2.05. The molecule has 0 saturated heterocycles. The summed E-state index contributed by atoms with van der Waals surface area (Å²) in [7, 11) is 0. The molecule has 2 aromatic rings. The van der Waals surface area contributed by atoms with Crippen LogP contribution in [0.2, 0.25) is 0 Å². The van der Waals surface area contributed by atoms with Crippen LogP contribution in [-0.2, 0) is 6.54 Å². The van der Waals surface area contributed by atoms with E-state index in [1.807, 2.05) is 24.3 Å². The summed E-state index contributed by atoms with van der Waals surface area (Å²) in [6, 6.07) is 12.1. The molecule has 96 valence electrons. The third kappa shape index (κ3) is 3.55. The van der Waals surface area contributed by atoms with Gasteiger partial charge in [-0.25, -0.2) is 4.39 Å². The van der Waals surface area contributed by atoms with Crippen LogP contribution in [-0.4, -0.2) is 0 Å². The maximum Gasteiger partial charge on any atom is 0.129 e. The van der Waals surface area contributed by atoms with E-state index in [4.69, 9.17) is 5.26 Å². The molecule has 2 nitrogen and oxygen atoms in total. The van der Waals surface area contributed by atoms with Crippen LogP contribution in [0.4, 0.5) is 10.1 Å². The minimum Gasteiger partial charge on any atom is -0.380 e. The van der Waals surface area contributed by atoms with Gasteiger partial charge in [-0.2, -0.15) is 5.26 Å². The number of nitrogens with zero attached hydrogens (tertiary/aromatic N) is 1. The van der Waals surface area contributed by atoms with Gasteiger partial charge in [-0.15, -0.1) is 0 Å². The number of rotatable bonds is 3. The van der Waals surface area contributed by atoms with Crippen LogP contribution in [0.3, 0.4) is 0 Å². The van der Waals surface area contributed by atoms with Crippen molar-refractivity contribution in [1.29, 1.82) is 5.26 Å². The molecule has 0 radical (unpaired) electrons. The summed E-state index contributed by atoms with van der Waals surface area (Å²) in [5, 5.41) is 11.8. The first-order chi connectivity index (χ1) is 9.10. The topological polar surface area (TPSA) is 35.8 Å². The molecule has 0 bridgehead atoms. The maximum atomic E-state index is 13.7. The SMILES string of the molecule is N#Cc1ccc(CNc2ccc(Br)cc2Br)c(F)c1. The van der Waals surface area contributed by atoms with Gasteiger partial charge in [0.1, 0.15) is 5.82 Å². The predicted molar refractivity (Wildman–Crippen MR) is 80.3 cm³/mol. The zero-order valence-electron chi connectivity index (χ0n) is 9.75. The highest BCUT2D eigenvalue weighted by atomic mass is 79.9. The summed E-state index contributed by atoms with van der Waals surface area (Å²) in [5.41, 5.74) is 1.73. The molecule has 0 unspecified atom stereocenters. The fourth-order valence-electron chi connectivity index (χ4n) is 1.58. The van der Waals surface area contributed by atoms with Crippen molar-refractivity contribution in [3.8, 4) is 6.07 Å². The highest BCUT2D eigenvalue weighted by molar-refractivity contribution is 9.11. The summed E-state index contributed by atoms with van der Waals surface area (Å²) in [6.45, 7) is 0.359. The lowest BCUT2D eigenvalue weighted by molar-refractivity contribution is 0.612. The van der Waals surface area contributed by atoms with Gasteiger partial charge in [0, 0.05) is 26.7 Å². The van der Waals surface area contributed by atoms with Crippen molar-refractivity contribution < 1.29 is 4.39 Å². The predicted octanol–water partition coefficient (Wildman–Crippen LogP) is 4.83. The Morgan fingerprint density at radius 2 is 1.95 bits per heavy atom. The number of nitrogens with one attached hydrogen (secondary N) is 1.